The molecule has 0 amide bonds. The summed E-state index contributed by atoms with van der Waals surface area (Å²) in [7, 11) is -0.522. The van der Waals surface area contributed by atoms with E-state index in [4.69, 9.17) is 0 Å². The van der Waals surface area contributed by atoms with E-state index in [9.17, 15) is 0 Å². The molecule has 0 rings (SSSR count). The second-order valence-corrected chi connectivity index (χ2v) is 10.9. The van der Waals surface area contributed by atoms with Gasteiger partial charge in [-0.15, -0.1) is 0 Å². The molecule has 3 nitrogen and oxygen atoms in total. The fourth-order valence-electron chi connectivity index (χ4n) is 3.84. The Morgan fingerprint density at radius 3 is 0.643 bits per heavy atom. The van der Waals surface area contributed by atoms with Crippen molar-refractivity contribution in [2.75, 3.05) is 0 Å². The van der Waals surface area contributed by atoms with Crippen LogP contribution in [0, 0.1) is 0 Å². The highest BCUT2D eigenvalue weighted by Gasteiger charge is 2.42. The van der Waals surface area contributed by atoms with E-state index in [2.05, 4.69) is 97.1 Å². The summed E-state index contributed by atoms with van der Waals surface area (Å²) in [5, 5.41) is 0. The zero-order valence-electron chi connectivity index (χ0n) is 21.5. The van der Waals surface area contributed by atoms with Gasteiger partial charge in [0, 0.05) is 36.3 Å². The summed E-state index contributed by atoms with van der Waals surface area (Å²) in [4.78, 5) is 0. The maximum Gasteiger partial charge on any atom is 0.121 e. The van der Waals surface area contributed by atoms with Gasteiger partial charge in [0.15, 0.2) is 0 Å². The van der Waals surface area contributed by atoms with Gasteiger partial charge in [-0.25, -0.2) is 0 Å². The molecule has 0 N–H and O–H groups in total. The molecule has 0 aliphatic carbocycles. The van der Waals surface area contributed by atoms with Crippen molar-refractivity contribution in [3.05, 3.63) is 0 Å². The van der Waals surface area contributed by atoms with Crippen molar-refractivity contribution in [2.24, 2.45) is 0 Å². The lowest BCUT2D eigenvalue weighted by atomic mass is 10.2. The predicted octanol–water partition coefficient (Wildman–Crippen LogP) is 7.91. The average molecular weight is 416 g/mol. The van der Waals surface area contributed by atoms with Crippen molar-refractivity contribution in [3.8, 4) is 0 Å². The lowest BCUT2D eigenvalue weighted by molar-refractivity contribution is 0.163. The molecule has 0 aliphatic heterocycles. The maximum absolute atomic E-state index is 2.92. The maximum atomic E-state index is 2.92. The van der Waals surface area contributed by atoms with Crippen molar-refractivity contribution in [1.29, 1.82) is 0 Å². The fraction of sp³-hybridized carbons (Fsp3) is 1.00. The molecule has 0 fully saturated rings. The molecule has 6 unspecified atom stereocenters. The highest BCUT2D eigenvalue weighted by atomic mass is 31.2. The first-order valence-corrected chi connectivity index (χ1v) is 13.5. The molecule has 0 aromatic rings. The van der Waals surface area contributed by atoms with Crippen LogP contribution in [0.4, 0.5) is 0 Å². The summed E-state index contributed by atoms with van der Waals surface area (Å²) < 4.78 is 8.77. The minimum atomic E-state index is -0.522. The summed E-state index contributed by atoms with van der Waals surface area (Å²) in [5.41, 5.74) is 0. The second-order valence-electron chi connectivity index (χ2n) is 8.95. The molecular weight excluding hydrogens is 361 g/mol. The van der Waals surface area contributed by atoms with E-state index in [1.54, 1.807) is 0 Å². The molecule has 0 radical (unpaired) electrons. The second kappa shape index (κ2) is 14.3. The van der Waals surface area contributed by atoms with Crippen LogP contribution < -0.4 is 0 Å². The van der Waals surface area contributed by atoms with Crippen LogP contribution in [0.3, 0.4) is 0 Å². The van der Waals surface area contributed by atoms with E-state index in [-0.39, 0.29) is 0 Å². The summed E-state index contributed by atoms with van der Waals surface area (Å²) in [5.74, 6) is 0. The molecule has 0 aliphatic rings. The van der Waals surface area contributed by atoms with Gasteiger partial charge in [-0.3, -0.25) is 14.0 Å². The van der Waals surface area contributed by atoms with Gasteiger partial charge < -0.3 is 0 Å². The topological polar surface area (TPSA) is 9.72 Å². The van der Waals surface area contributed by atoms with Crippen LogP contribution in [-0.4, -0.2) is 50.3 Å². The Balaban J connectivity index is 6.65. The normalized spacial score (nSPS) is 20.2. The molecule has 0 saturated carbocycles. The molecule has 6 atom stereocenters. The zero-order chi connectivity index (χ0) is 22.0. The Kier molecular flexibility index (Phi) is 14.5. The van der Waals surface area contributed by atoms with E-state index >= 15 is 0 Å². The van der Waals surface area contributed by atoms with Crippen LogP contribution in [0.15, 0.2) is 0 Å². The Hall–Kier alpha value is 0.310. The summed E-state index contributed by atoms with van der Waals surface area (Å²) >= 11 is 0. The van der Waals surface area contributed by atoms with Gasteiger partial charge in [0.25, 0.3) is 0 Å². The Morgan fingerprint density at radius 1 is 0.393 bits per heavy atom. The highest BCUT2D eigenvalue weighted by Crippen LogP contribution is 2.56. The number of nitrogens with zero attached hydrogens (tertiary/aromatic N) is 3. The smallest absolute Gasteiger partial charge is 0.121 e. The first-order valence-electron chi connectivity index (χ1n) is 12.3. The number of rotatable bonds is 15. The van der Waals surface area contributed by atoms with Crippen molar-refractivity contribution in [1.82, 2.24) is 14.0 Å². The third-order valence-corrected chi connectivity index (χ3v) is 10.5. The lowest BCUT2D eigenvalue weighted by Crippen LogP contribution is -2.53. The van der Waals surface area contributed by atoms with Crippen LogP contribution in [-0.2, 0) is 0 Å². The molecule has 4 heteroatoms. The third-order valence-electron chi connectivity index (χ3n) is 6.87. The fourth-order valence-corrected chi connectivity index (χ4v) is 7.65. The first-order chi connectivity index (χ1) is 13.2. The minimum Gasteiger partial charge on any atom is -0.252 e. The van der Waals surface area contributed by atoms with Crippen LogP contribution in [0.25, 0.3) is 0 Å². The van der Waals surface area contributed by atoms with Crippen LogP contribution in [0.1, 0.15) is 122 Å². The van der Waals surface area contributed by atoms with Gasteiger partial charge in [-0.1, -0.05) is 41.5 Å². The van der Waals surface area contributed by atoms with Crippen molar-refractivity contribution in [2.45, 2.75) is 158 Å². The Labute approximate surface area is 180 Å². The Bertz CT molecular complexity index is 305. The highest BCUT2D eigenvalue weighted by molar-refractivity contribution is 7.50. The third kappa shape index (κ3) is 7.22. The van der Waals surface area contributed by atoms with E-state index < -0.39 is 8.37 Å². The Morgan fingerprint density at radius 2 is 0.536 bits per heavy atom. The average Bonchev–Trinajstić information content (AvgIpc) is 2.72. The summed E-state index contributed by atoms with van der Waals surface area (Å²) in [6.07, 6.45) is 7.29. The van der Waals surface area contributed by atoms with Gasteiger partial charge in [0.05, 0.1) is 0 Å². The van der Waals surface area contributed by atoms with Crippen LogP contribution >= 0.6 is 8.37 Å². The van der Waals surface area contributed by atoms with E-state index in [0.717, 1.165) is 0 Å². The quantitative estimate of drug-likeness (QED) is 0.252. The molecule has 170 valence electrons. The van der Waals surface area contributed by atoms with Gasteiger partial charge >= 0.3 is 0 Å². The molecule has 0 spiro atoms. The van der Waals surface area contributed by atoms with Crippen molar-refractivity contribution < 1.29 is 0 Å². The predicted molar refractivity (Wildman–Crippen MR) is 131 cm³/mol. The molecular formula is C24H54N3P. The van der Waals surface area contributed by atoms with Crippen molar-refractivity contribution in [3.63, 3.8) is 0 Å². The van der Waals surface area contributed by atoms with Crippen LogP contribution in [0.5, 0.6) is 0 Å². The minimum absolute atomic E-state index is 0.522. The monoisotopic (exact) mass is 415 g/mol. The molecule has 0 saturated heterocycles. The van der Waals surface area contributed by atoms with E-state index in [1.807, 2.05) is 0 Å². The van der Waals surface area contributed by atoms with Crippen molar-refractivity contribution >= 4 is 8.37 Å². The first kappa shape index (κ1) is 28.3. The summed E-state index contributed by atoms with van der Waals surface area (Å²) in [6.45, 7) is 28.9. The molecule has 0 aromatic carbocycles. The number of hydrogen-bond acceptors (Lipinski definition) is 3. The molecule has 0 aromatic heterocycles. The van der Waals surface area contributed by atoms with E-state index in [0.29, 0.717) is 36.3 Å². The van der Waals surface area contributed by atoms with Gasteiger partial charge in [0.1, 0.15) is 8.37 Å². The standard InChI is InChI=1S/C24H54N3P/c1-13-19(7)25(20(8)14-2)28(26(21(9)15-3)22(10)16-4)27(23(11)17-5)24(12)18-6/h19-24H,13-18H2,1-12H3. The molecule has 0 bridgehead atoms. The van der Waals surface area contributed by atoms with Gasteiger partial charge in [-0.05, 0) is 80.1 Å². The lowest BCUT2D eigenvalue weighted by Gasteiger charge is -2.55. The van der Waals surface area contributed by atoms with Gasteiger partial charge in [-0.2, -0.15) is 0 Å². The number of hydrogen-bond donors (Lipinski definition) is 0. The SMILES string of the molecule is CCC(C)N(C(C)CC)P(N(C(C)CC)C(C)CC)N(C(C)CC)C(C)CC. The summed E-state index contributed by atoms with van der Waals surface area (Å²) in [6, 6.07) is 3.62. The van der Waals surface area contributed by atoms with Crippen LogP contribution in [0.2, 0.25) is 0 Å². The molecule has 0 heterocycles. The molecule has 28 heavy (non-hydrogen) atoms. The van der Waals surface area contributed by atoms with Gasteiger partial charge in [0.2, 0.25) is 0 Å². The zero-order valence-corrected chi connectivity index (χ0v) is 22.4. The van der Waals surface area contributed by atoms with E-state index in [1.165, 1.54) is 38.5 Å². The largest absolute Gasteiger partial charge is 0.252 e.